The molecule has 2 heterocycles. The lowest BCUT2D eigenvalue weighted by atomic mass is 10.0. The van der Waals surface area contributed by atoms with E-state index in [2.05, 4.69) is 27.9 Å². The summed E-state index contributed by atoms with van der Waals surface area (Å²) in [5, 5.41) is 4.09. The first kappa shape index (κ1) is 15.4. The number of carbonyl (C=O) groups excluding carboxylic acids is 1. The smallest absolute Gasteiger partial charge is 0.253 e. The topological polar surface area (TPSA) is 32.3 Å². The van der Waals surface area contributed by atoms with Gasteiger partial charge in [-0.25, -0.2) is 0 Å². The lowest BCUT2D eigenvalue weighted by molar-refractivity contribution is 0.0781. The van der Waals surface area contributed by atoms with Gasteiger partial charge in [-0.15, -0.1) is 12.4 Å². The molecule has 104 valence electrons. The van der Waals surface area contributed by atoms with Crippen LogP contribution in [0.1, 0.15) is 10.4 Å². The molecule has 0 bridgehead atoms. The van der Waals surface area contributed by atoms with Gasteiger partial charge in [-0.2, -0.15) is 0 Å². The average molecular weight is 413 g/mol. The van der Waals surface area contributed by atoms with Gasteiger partial charge in [-0.3, -0.25) is 4.79 Å². The average Bonchev–Trinajstić information content (AvgIpc) is 2.92. The van der Waals surface area contributed by atoms with Gasteiger partial charge in [-0.1, -0.05) is 11.6 Å². The SMILES string of the molecule is Cl.O=C(c1ccc(Cl)c(I)c1)N1C[C@H]2CNC[C@H]2C1. The minimum absolute atomic E-state index is 0. The van der Waals surface area contributed by atoms with Crippen molar-refractivity contribution >= 4 is 52.5 Å². The second kappa shape index (κ2) is 6.16. The molecule has 2 aliphatic rings. The molecular formula is C13H15Cl2IN2O. The summed E-state index contributed by atoms with van der Waals surface area (Å²) in [6.07, 6.45) is 0. The molecule has 0 saturated carbocycles. The van der Waals surface area contributed by atoms with E-state index in [0.717, 1.165) is 35.3 Å². The largest absolute Gasteiger partial charge is 0.338 e. The van der Waals surface area contributed by atoms with Gasteiger partial charge in [-0.05, 0) is 52.6 Å². The summed E-state index contributed by atoms with van der Waals surface area (Å²) in [6, 6.07) is 5.49. The number of fused-ring (bicyclic) bond motifs is 1. The maximum absolute atomic E-state index is 12.4. The molecule has 1 aromatic carbocycles. The number of carbonyl (C=O) groups is 1. The first-order valence-electron chi connectivity index (χ1n) is 6.10. The first-order chi connectivity index (χ1) is 8.65. The number of nitrogens with one attached hydrogen (secondary N) is 1. The number of halogens is 3. The van der Waals surface area contributed by atoms with E-state index in [1.807, 2.05) is 17.0 Å². The van der Waals surface area contributed by atoms with Crippen molar-refractivity contribution in [1.29, 1.82) is 0 Å². The number of rotatable bonds is 1. The first-order valence-corrected chi connectivity index (χ1v) is 7.56. The number of hydrogen-bond donors (Lipinski definition) is 1. The summed E-state index contributed by atoms with van der Waals surface area (Å²) < 4.78 is 0.932. The van der Waals surface area contributed by atoms with Crippen molar-refractivity contribution in [1.82, 2.24) is 10.2 Å². The van der Waals surface area contributed by atoms with E-state index in [1.165, 1.54) is 0 Å². The maximum atomic E-state index is 12.4. The molecular weight excluding hydrogens is 398 g/mol. The van der Waals surface area contributed by atoms with Gasteiger partial charge in [0.1, 0.15) is 0 Å². The zero-order valence-electron chi connectivity index (χ0n) is 10.2. The molecule has 0 spiro atoms. The summed E-state index contributed by atoms with van der Waals surface area (Å²) in [5.74, 6) is 1.42. The molecule has 2 fully saturated rings. The van der Waals surface area contributed by atoms with Crippen molar-refractivity contribution < 1.29 is 4.79 Å². The fraction of sp³-hybridized carbons (Fsp3) is 0.462. The van der Waals surface area contributed by atoms with Gasteiger partial charge in [0.15, 0.2) is 0 Å². The van der Waals surface area contributed by atoms with Crippen molar-refractivity contribution in [3.05, 3.63) is 32.4 Å². The van der Waals surface area contributed by atoms with Crippen LogP contribution in [0.15, 0.2) is 18.2 Å². The third kappa shape index (κ3) is 3.01. The van der Waals surface area contributed by atoms with E-state index in [1.54, 1.807) is 6.07 Å². The van der Waals surface area contributed by atoms with Crippen LogP contribution in [0, 0.1) is 15.4 Å². The highest BCUT2D eigenvalue weighted by Gasteiger charge is 2.38. The molecule has 0 aliphatic carbocycles. The predicted molar refractivity (Wildman–Crippen MR) is 87.2 cm³/mol. The van der Waals surface area contributed by atoms with E-state index in [9.17, 15) is 4.79 Å². The Labute approximate surface area is 137 Å². The van der Waals surface area contributed by atoms with Crippen LogP contribution in [0.25, 0.3) is 0 Å². The molecule has 6 heteroatoms. The second-order valence-corrected chi connectivity index (χ2v) is 6.59. The van der Waals surface area contributed by atoms with Crippen LogP contribution in [0.4, 0.5) is 0 Å². The van der Waals surface area contributed by atoms with Crippen LogP contribution < -0.4 is 5.32 Å². The zero-order valence-corrected chi connectivity index (χ0v) is 14.0. The van der Waals surface area contributed by atoms with E-state index in [0.29, 0.717) is 16.9 Å². The second-order valence-electron chi connectivity index (χ2n) is 5.02. The van der Waals surface area contributed by atoms with Crippen molar-refractivity contribution in [2.45, 2.75) is 0 Å². The predicted octanol–water partition coefficient (Wildman–Crippen LogP) is 2.66. The van der Waals surface area contributed by atoms with E-state index < -0.39 is 0 Å². The Morgan fingerprint density at radius 3 is 2.53 bits per heavy atom. The highest BCUT2D eigenvalue weighted by atomic mass is 127. The Kier molecular flexibility index (Phi) is 4.98. The van der Waals surface area contributed by atoms with Crippen LogP contribution in [-0.2, 0) is 0 Å². The lowest BCUT2D eigenvalue weighted by Crippen LogP contribution is -2.31. The van der Waals surface area contributed by atoms with E-state index >= 15 is 0 Å². The summed E-state index contributed by atoms with van der Waals surface area (Å²) in [7, 11) is 0. The number of hydrogen-bond acceptors (Lipinski definition) is 2. The molecule has 19 heavy (non-hydrogen) atoms. The molecule has 2 saturated heterocycles. The fourth-order valence-electron chi connectivity index (χ4n) is 2.83. The van der Waals surface area contributed by atoms with Crippen molar-refractivity contribution in [3.63, 3.8) is 0 Å². The summed E-state index contributed by atoms with van der Waals surface area (Å²) in [6.45, 7) is 3.87. The van der Waals surface area contributed by atoms with Crippen LogP contribution in [0.5, 0.6) is 0 Å². The third-order valence-electron chi connectivity index (χ3n) is 3.84. The zero-order chi connectivity index (χ0) is 12.7. The summed E-state index contributed by atoms with van der Waals surface area (Å²) >= 11 is 8.14. The van der Waals surface area contributed by atoms with Gasteiger partial charge in [0.2, 0.25) is 0 Å². The minimum atomic E-state index is 0. The highest BCUT2D eigenvalue weighted by Crippen LogP contribution is 2.28. The molecule has 2 atom stereocenters. The van der Waals surface area contributed by atoms with Gasteiger partial charge in [0.25, 0.3) is 5.91 Å². The summed E-state index contributed by atoms with van der Waals surface area (Å²) in [5.41, 5.74) is 0.747. The van der Waals surface area contributed by atoms with E-state index in [4.69, 9.17) is 11.6 Å². The Morgan fingerprint density at radius 1 is 1.32 bits per heavy atom. The number of nitrogens with zero attached hydrogens (tertiary/aromatic N) is 1. The summed E-state index contributed by atoms with van der Waals surface area (Å²) in [4.78, 5) is 14.4. The molecule has 3 rings (SSSR count). The minimum Gasteiger partial charge on any atom is -0.338 e. The number of benzene rings is 1. The number of amides is 1. The number of likely N-dealkylation sites (tertiary alicyclic amines) is 1. The highest BCUT2D eigenvalue weighted by molar-refractivity contribution is 14.1. The Morgan fingerprint density at radius 2 is 1.95 bits per heavy atom. The Balaban J connectivity index is 0.00000133. The quantitative estimate of drug-likeness (QED) is 0.719. The van der Waals surface area contributed by atoms with Crippen LogP contribution in [0.3, 0.4) is 0 Å². The van der Waals surface area contributed by atoms with Crippen LogP contribution in [0.2, 0.25) is 5.02 Å². The molecule has 3 nitrogen and oxygen atoms in total. The van der Waals surface area contributed by atoms with Gasteiger partial charge < -0.3 is 10.2 Å². The molecule has 0 radical (unpaired) electrons. The van der Waals surface area contributed by atoms with Crippen LogP contribution >= 0.6 is 46.6 Å². The van der Waals surface area contributed by atoms with Gasteiger partial charge in [0.05, 0.1) is 5.02 Å². The molecule has 0 unspecified atom stereocenters. The molecule has 1 N–H and O–H groups in total. The third-order valence-corrected chi connectivity index (χ3v) is 5.38. The van der Waals surface area contributed by atoms with Gasteiger partial charge in [0, 0.05) is 35.3 Å². The van der Waals surface area contributed by atoms with Crippen molar-refractivity contribution in [3.8, 4) is 0 Å². The normalized spacial score (nSPS) is 25.1. The fourth-order valence-corrected chi connectivity index (χ4v) is 3.47. The Bertz CT molecular complexity index is 486. The van der Waals surface area contributed by atoms with Crippen molar-refractivity contribution in [2.75, 3.05) is 26.2 Å². The monoisotopic (exact) mass is 412 g/mol. The molecule has 1 aromatic rings. The van der Waals surface area contributed by atoms with Crippen LogP contribution in [-0.4, -0.2) is 37.0 Å². The standard InChI is InChI=1S/C13H14ClIN2O.ClH/c14-11-2-1-8(3-12(11)15)13(18)17-6-9-4-16-5-10(9)7-17;/h1-3,9-10,16H,4-7H2;1H/t9-,10+;. The Hall–Kier alpha value is -0.0400. The maximum Gasteiger partial charge on any atom is 0.253 e. The molecule has 1 amide bonds. The van der Waals surface area contributed by atoms with Gasteiger partial charge >= 0.3 is 0 Å². The molecule has 2 aliphatic heterocycles. The van der Waals surface area contributed by atoms with E-state index in [-0.39, 0.29) is 18.3 Å². The lowest BCUT2D eigenvalue weighted by Gasteiger charge is -2.17. The van der Waals surface area contributed by atoms with Crippen molar-refractivity contribution in [2.24, 2.45) is 11.8 Å². The molecule has 0 aromatic heterocycles.